The maximum Gasteiger partial charge on any atom is 0.243 e. The molecule has 0 aromatic rings. The van der Waals surface area contributed by atoms with Gasteiger partial charge in [0.15, 0.2) is 0 Å². The molecule has 0 aromatic heterocycles. The third kappa shape index (κ3) is 8.68. The lowest BCUT2D eigenvalue weighted by Gasteiger charge is -1.98. The topological polar surface area (TPSA) is 58.2 Å². The maximum atomic E-state index is 10.6. The van der Waals surface area contributed by atoms with E-state index in [1.165, 1.54) is 24.0 Å². The highest BCUT2D eigenvalue weighted by Crippen LogP contribution is 1.98. The van der Waals surface area contributed by atoms with Crippen molar-refractivity contribution in [2.24, 2.45) is 0 Å². The molecule has 0 aliphatic rings. The third-order valence-electron chi connectivity index (χ3n) is 1.03. The van der Waals surface area contributed by atoms with Gasteiger partial charge in [-0.15, -0.1) is 11.8 Å². The standard InChI is InChI=1S/C8H12N2O2S/c1-2-8(12)10-4-6-13-5-3-9-7-11/h2-3,5,7H,1,4,6H2,(H,9,11)(H,10,12). The summed E-state index contributed by atoms with van der Waals surface area (Å²) < 4.78 is 0. The van der Waals surface area contributed by atoms with Gasteiger partial charge in [0.2, 0.25) is 12.3 Å². The molecule has 2 amide bonds. The summed E-state index contributed by atoms with van der Waals surface area (Å²) in [5.41, 5.74) is 0. The van der Waals surface area contributed by atoms with E-state index in [1.807, 2.05) is 0 Å². The molecule has 0 spiro atoms. The molecule has 0 saturated heterocycles. The molecule has 5 heteroatoms. The summed E-state index contributed by atoms with van der Waals surface area (Å²) in [5, 5.41) is 6.74. The van der Waals surface area contributed by atoms with Crippen LogP contribution in [0.3, 0.4) is 0 Å². The predicted octanol–water partition coefficient (Wildman–Crippen LogP) is 0.239. The molecular formula is C8H12N2O2S. The molecule has 0 radical (unpaired) electrons. The van der Waals surface area contributed by atoms with Crippen molar-refractivity contribution in [1.82, 2.24) is 10.6 Å². The summed E-state index contributed by atoms with van der Waals surface area (Å²) in [6, 6.07) is 0. The summed E-state index contributed by atoms with van der Waals surface area (Å²) in [7, 11) is 0. The van der Waals surface area contributed by atoms with Gasteiger partial charge in [-0.1, -0.05) is 6.58 Å². The average molecular weight is 200 g/mol. The first-order chi connectivity index (χ1) is 6.31. The fourth-order valence-electron chi connectivity index (χ4n) is 0.500. The van der Waals surface area contributed by atoms with E-state index >= 15 is 0 Å². The van der Waals surface area contributed by atoms with Crippen molar-refractivity contribution in [2.75, 3.05) is 12.3 Å². The Balaban J connectivity index is 3.21. The number of amides is 2. The molecule has 13 heavy (non-hydrogen) atoms. The minimum Gasteiger partial charge on any atom is -0.352 e. The van der Waals surface area contributed by atoms with E-state index in [1.54, 1.807) is 5.41 Å². The molecule has 0 fully saturated rings. The summed E-state index contributed by atoms with van der Waals surface area (Å²) in [6.07, 6.45) is 3.36. The van der Waals surface area contributed by atoms with Crippen molar-refractivity contribution < 1.29 is 9.59 Å². The Morgan fingerprint density at radius 2 is 2.31 bits per heavy atom. The van der Waals surface area contributed by atoms with Crippen molar-refractivity contribution in [1.29, 1.82) is 0 Å². The molecule has 0 heterocycles. The van der Waals surface area contributed by atoms with E-state index in [9.17, 15) is 9.59 Å². The van der Waals surface area contributed by atoms with Gasteiger partial charge in [-0.2, -0.15) is 0 Å². The van der Waals surface area contributed by atoms with Crippen LogP contribution in [0.1, 0.15) is 0 Å². The zero-order valence-electron chi connectivity index (χ0n) is 7.16. The van der Waals surface area contributed by atoms with Crippen molar-refractivity contribution in [3.63, 3.8) is 0 Å². The van der Waals surface area contributed by atoms with Crippen molar-refractivity contribution in [3.8, 4) is 0 Å². The Kier molecular flexibility index (Phi) is 8.02. The van der Waals surface area contributed by atoms with Crippen LogP contribution in [0.2, 0.25) is 0 Å². The van der Waals surface area contributed by atoms with Crippen LogP contribution in [-0.4, -0.2) is 24.6 Å². The number of carbonyl (C=O) groups excluding carboxylic acids is 2. The predicted molar refractivity (Wildman–Crippen MR) is 54.0 cm³/mol. The number of nitrogens with one attached hydrogen (secondary N) is 2. The van der Waals surface area contributed by atoms with Crippen LogP contribution in [-0.2, 0) is 9.59 Å². The zero-order valence-corrected chi connectivity index (χ0v) is 7.97. The van der Waals surface area contributed by atoms with E-state index < -0.39 is 0 Å². The highest BCUT2D eigenvalue weighted by atomic mass is 32.2. The number of hydrogen-bond donors (Lipinski definition) is 2. The Bertz CT molecular complexity index is 204. The van der Waals surface area contributed by atoms with Gasteiger partial charge in [-0.05, 0) is 11.5 Å². The third-order valence-corrected chi connectivity index (χ3v) is 1.80. The van der Waals surface area contributed by atoms with Gasteiger partial charge in [0.25, 0.3) is 0 Å². The molecule has 0 unspecified atom stereocenters. The molecule has 72 valence electrons. The Labute approximate surface area is 81.5 Å². The fourth-order valence-corrected chi connectivity index (χ4v) is 1.03. The van der Waals surface area contributed by atoms with Crippen LogP contribution in [0.4, 0.5) is 0 Å². The molecule has 0 aliphatic heterocycles. The van der Waals surface area contributed by atoms with Gasteiger partial charge in [0.05, 0.1) is 0 Å². The molecule has 0 aliphatic carbocycles. The number of thioether (sulfide) groups is 1. The van der Waals surface area contributed by atoms with Crippen LogP contribution in [0.25, 0.3) is 0 Å². The second-order valence-electron chi connectivity index (χ2n) is 1.95. The van der Waals surface area contributed by atoms with Gasteiger partial charge >= 0.3 is 0 Å². The van der Waals surface area contributed by atoms with Crippen LogP contribution in [0, 0.1) is 0 Å². The fraction of sp³-hybridized carbons (Fsp3) is 0.250. The minimum atomic E-state index is -0.171. The maximum absolute atomic E-state index is 10.6. The van der Waals surface area contributed by atoms with Gasteiger partial charge < -0.3 is 10.6 Å². The first-order valence-corrected chi connectivity index (χ1v) is 4.72. The highest BCUT2D eigenvalue weighted by Gasteiger charge is 1.90. The van der Waals surface area contributed by atoms with Crippen LogP contribution in [0.15, 0.2) is 24.3 Å². The summed E-state index contributed by atoms with van der Waals surface area (Å²) in [5.74, 6) is 0.590. The Morgan fingerprint density at radius 3 is 2.92 bits per heavy atom. The van der Waals surface area contributed by atoms with Gasteiger partial charge in [0.1, 0.15) is 0 Å². The average Bonchev–Trinajstić information content (AvgIpc) is 2.16. The quantitative estimate of drug-likeness (QED) is 0.351. The lowest BCUT2D eigenvalue weighted by Crippen LogP contribution is -2.23. The van der Waals surface area contributed by atoms with E-state index in [-0.39, 0.29) is 5.91 Å². The summed E-state index contributed by atoms with van der Waals surface area (Å²) >= 11 is 1.49. The van der Waals surface area contributed by atoms with Crippen LogP contribution >= 0.6 is 11.8 Å². The SMILES string of the molecule is C=CC(=O)NCCSC=CNC=O. The summed E-state index contributed by atoms with van der Waals surface area (Å²) in [6.45, 7) is 3.90. The lowest BCUT2D eigenvalue weighted by atomic mass is 10.6. The monoisotopic (exact) mass is 200 g/mol. The second kappa shape index (κ2) is 8.86. The number of rotatable bonds is 7. The molecule has 2 N–H and O–H groups in total. The first-order valence-electron chi connectivity index (χ1n) is 3.68. The molecule has 0 aromatic carbocycles. The van der Waals surface area contributed by atoms with Gasteiger partial charge in [-0.3, -0.25) is 9.59 Å². The smallest absolute Gasteiger partial charge is 0.243 e. The number of carbonyl (C=O) groups is 2. The second-order valence-corrected chi connectivity index (χ2v) is 2.97. The largest absolute Gasteiger partial charge is 0.352 e. The molecule has 4 nitrogen and oxygen atoms in total. The van der Waals surface area contributed by atoms with Crippen molar-refractivity contribution >= 4 is 24.1 Å². The Morgan fingerprint density at radius 1 is 1.54 bits per heavy atom. The highest BCUT2D eigenvalue weighted by molar-refractivity contribution is 8.02. The lowest BCUT2D eigenvalue weighted by molar-refractivity contribution is -0.116. The van der Waals surface area contributed by atoms with Crippen molar-refractivity contribution in [3.05, 3.63) is 24.3 Å². The van der Waals surface area contributed by atoms with Gasteiger partial charge in [-0.25, -0.2) is 0 Å². The van der Waals surface area contributed by atoms with Crippen molar-refractivity contribution in [2.45, 2.75) is 0 Å². The first kappa shape index (κ1) is 11.8. The Hall–Kier alpha value is -1.23. The van der Waals surface area contributed by atoms with E-state index in [0.29, 0.717) is 13.0 Å². The number of hydrogen-bond acceptors (Lipinski definition) is 3. The molecule has 0 atom stereocenters. The molecule has 0 rings (SSSR count). The van der Waals surface area contributed by atoms with Crippen LogP contribution in [0.5, 0.6) is 0 Å². The van der Waals surface area contributed by atoms with E-state index in [2.05, 4.69) is 17.2 Å². The van der Waals surface area contributed by atoms with E-state index in [4.69, 9.17) is 0 Å². The van der Waals surface area contributed by atoms with E-state index in [0.717, 1.165) is 5.75 Å². The minimum absolute atomic E-state index is 0.171. The molecule has 0 bridgehead atoms. The molecular weight excluding hydrogens is 188 g/mol. The van der Waals surface area contributed by atoms with Crippen LogP contribution < -0.4 is 10.6 Å². The zero-order chi connectivity index (χ0) is 9.94. The molecule has 0 saturated carbocycles. The normalized spacial score (nSPS) is 9.54. The summed E-state index contributed by atoms with van der Waals surface area (Å²) in [4.78, 5) is 20.4. The van der Waals surface area contributed by atoms with Gasteiger partial charge in [0, 0.05) is 18.5 Å².